The number of H-pyrrole nitrogens is 1. The SMILES string of the molecule is CC=CC(=CC(=NC)c1c[n+](C)c2[nH]cc(C(=O)NC(C(=O)N3CCC(C#N)CC3)C3CC3)c2n1)OCC1CC1. The van der Waals surface area contributed by atoms with Gasteiger partial charge >= 0.3 is 5.65 Å². The van der Waals surface area contributed by atoms with Crippen LogP contribution < -0.4 is 9.88 Å². The fourth-order valence-electron chi connectivity index (χ4n) is 5.12. The molecule has 2 saturated carbocycles. The van der Waals surface area contributed by atoms with Gasteiger partial charge in [-0.2, -0.15) is 5.26 Å². The number of hydrogen-bond acceptors (Lipinski definition) is 6. The van der Waals surface area contributed by atoms with E-state index in [0.717, 1.165) is 18.6 Å². The molecule has 0 aromatic carbocycles. The first kappa shape index (κ1) is 27.6. The highest BCUT2D eigenvalue weighted by Gasteiger charge is 2.40. The van der Waals surface area contributed by atoms with E-state index in [4.69, 9.17) is 9.72 Å². The predicted octanol–water partition coefficient (Wildman–Crippen LogP) is 2.96. The molecule has 3 heterocycles. The van der Waals surface area contributed by atoms with Crippen LogP contribution in [0.1, 0.15) is 61.5 Å². The summed E-state index contributed by atoms with van der Waals surface area (Å²) in [6.07, 6.45) is 14.8. The Bertz CT molecular complexity index is 1400. The van der Waals surface area contributed by atoms with Gasteiger partial charge in [-0.25, -0.2) is 14.5 Å². The normalized spacial score (nSPS) is 19.6. The molecule has 2 N–H and O–H groups in total. The number of aromatic amines is 1. The second-order valence-corrected chi connectivity index (χ2v) is 11.1. The van der Waals surface area contributed by atoms with Gasteiger partial charge in [0.15, 0.2) is 5.52 Å². The number of nitrogens with one attached hydrogen (secondary N) is 2. The zero-order valence-corrected chi connectivity index (χ0v) is 23.5. The zero-order valence-electron chi connectivity index (χ0n) is 23.5. The van der Waals surface area contributed by atoms with Gasteiger partial charge in [-0.15, -0.1) is 0 Å². The molecule has 3 aliphatic rings. The van der Waals surface area contributed by atoms with Crippen LogP contribution in [-0.2, 0) is 16.6 Å². The molecule has 0 bridgehead atoms. The molecule has 2 aliphatic carbocycles. The number of carbonyl (C=O) groups excluding carboxylic acids is 2. The Balaban J connectivity index is 1.37. The summed E-state index contributed by atoms with van der Waals surface area (Å²) in [6.45, 7) is 3.74. The van der Waals surface area contributed by atoms with Crippen LogP contribution in [-0.4, -0.2) is 65.2 Å². The molecule has 3 fully saturated rings. The number of hydrogen-bond donors (Lipinski definition) is 2. The summed E-state index contributed by atoms with van der Waals surface area (Å²) in [5.41, 5.74) is 2.83. The second-order valence-electron chi connectivity index (χ2n) is 11.1. The van der Waals surface area contributed by atoms with Crippen LogP contribution in [0.5, 0.6) is 0 Å². The Morgan fingerprint density at radius 1 is 1.30 bits per heavy atom. The van der Waals surface area contributed by atoms with Crippen molar-refractivity contribution in [3.63, 3.8) is 0 Å². The van der Waals surface area contributed by atoms with Crippen molar-refractivity contribution in [3.8, 4) is 6.07 Å². The third-order valence-corrected chi connectivity index (χ3v) is 7.91. The first-order chi connectivity index (χ1) is 19.4. The van der Waals surface area contributed by atoms with Crippen molar-refractivity contribution in [2.24, 2.45) is 29.8 Å². The Kier molecular flexibility index (Phi) is 8.29. The second kappa shape index (κ2) is 12.0. The Hall–Kier alpha value is -4.00. The molecule has 1 saturated heterocycles. The van der Waals surface area contributed by atoms with E-state index in [0.29, 0.717) is 66.6 Å². The quantitative estimate of drug-likeness (QED) is 0.206. The molecule has 2 aromatic heterocycles. The lowest BCUT2D eigenvalue weighted by atomic mass is 9.97. The summed E-state index contributed by atoms with van der Waals surface area (Å²) in [5, 5.41) is 12.2. The first-order valence-electron chi connectivity index (χ1n) is 14.2. The van der Waals surface area contributed by atoms with E-state index < -0.39 is 6.04 Å². The minimum Gasteiger partial charge on any atom is -0.493 e. The monoisotopic (exact) mass is 544 g/mol. The minimum atomic E-state index is -0.573. The van der Waals surface area contributed by atoms with Gasteiger partial charge < -0.3 is 15.0 Å². The number of allylic oxidation sites excluding steroid dienone is 3. The molecular weight excluding hydrogens is 506 g/mol. The molecule has 0 spiro atoms. The summed E-state index contributed by atoms with van der Waals surface area (Å²) in [5.74, 6) is 1.09. The molecule has 40 heavy (non-hydrogen) atoms. The van der Waals surface area contributed by atoms with E-state index in [1.807, 2.05) is 43.0 Å². The number of piperidine rings is 1. The van der Waals surface area contributed by atoms with Crippen LogP contribution in [0.25, 0.3) is 11.2 Å². The number of nitrogens with zero attached hydrogens (tertiary/aromatic N) is 5. The zero-order chi connectivity index (χ0) is 28.2. The van der Waals surface area contributed by atoms with Crippen molar-refractivity contribution in [1.29, 1.82) is 5.26 Å². The lowest BCUT2D eigenvalue weighted by Crippen LogP contribution is -2.51. The molecule has 10 nitrogen and oxygen atoms in total. The fourth-order valence-corrected chi connectivity index (χ4v) is 5.12. The number of aryl methyl sites for hydroxylation is 1. The number of carbonyl (C=O) groups is 2. The highest BCUT2D eigenvalue weighted by molar-refractivity contribution is 6.09. The molecule has 1 unspecified atom stereocenters. The number of nitriles is 1. The molecular formula is C30H38N7O3+. The van der Waals surface area contributed by atoms with Crippen LogP contribution in [0.15, 0.2) is 41.4 Å². The van der Waals surface area contributed by atoms with Crippen LogP contribution in [0, 0.1) is 29.1 Å². The molecule has 5 rings (SSSR count). The third-order valence-electron chi connectivity index (χ3n) is 7.91. The lowest BCUT2D eigenvalue weighted by molar-refractivity contribution is -0.647. The van der Waals surface area contributed by atoms with E-state index in [2.05, 4.69) is 21.4 Å². The summed E-state index contributed by atoms with van der Waals surface area (Å²) in [6, 6.07) is 1.73. The van der Waals surface area contributed by atoms with Crippen LogP contribution in [0.4, 0.5) is 0 Å². The van der Waals surface area contributed by atoms with Gasteiger partial charge in [0.2, 0.25) is 5.91 Å². The van der Waals surface area contributed by atoms with Gasteiger partial charge in [0.25, 0.3) is 5.91 Å². The number of fused-ring (bicyclic) bond motifs is 1. The molecule has 2 aromatic rings. The topological polar surface area (TPSA) is 127 Å². The molecule has 1 aliphatic heterocycles. The molecule has 10 heteroatoms. The Labute approximate surface area is 234 Å². The van der Waals surface area contributed by atoms with Crippen LogP contribution in [0.2, 0.25) is 0 Å². The number of aliphatic imine (C=N–C) groups is 1. The molecule has 1 atom stereocenters. The smallest absolute Gasteiger partial charge is 0.306 e. The average molecular weight is 545 g/mol. The average Bonchev–Trinajstić information content (AvgIpc) is 3.91. The van der Waals surface area contributed by atoms with Gasteiger partial charge in [0.1, 0.15) is 35.5 Å². The van der Waals surface area contributed by atoms with Crippen molar-refractivity contribution < 1.29 is 18.9 Å². The highest BCUT2D eigenvalue weighted by atomic mass is 16.5. The van der Waals surface area contributed by atoms with Crippen molar-refractivity contribution >= 4 is 28.7 Å². The number of likely N-dealkylation sites (tertiary alicyclic amines) is 1. The van der Waals surface area contributed by atoms with E-state index in [-0.39, 0.29) is 23.7 Å². The standard InChI is InChI=1S/C30H37N7O3/c1-4-5-22(40-18-20-6-7-20)14-24(32-2)25-17-36(3)28-27(34-25)23(16-33-28)29(38)35-26(21-8-9-21)30(39)37-12-10-19(15-31)11-13-37/h4-5,14,16-17,19-21,26H,6-13,18H2,1-3H3,(H,35,38)/p+1. The van der Waals surface area contributed by atoms with E-state index in [1.165, 1.54) is 12.8 Å². The summed E-state index contributed by atoms with van der Waals surface area (Å²) < 4.78 is 7.90. The Morgan fingerprint density at radius 3 is 2.67 bits per heavy atom. The molecule has 2 amide bonds. The van der Waals surface area contributed by atoms with E-state index in [9.17, 15) is 14.9 Å². The summed E-state index contributed by atoms with van der Waals surface area (Å²) >= 11 is 0. The van der Waals surface area contributed by atoms with Gasteiger partial charge in [-0.05, 0) is 63.4 Å². The van der Waals surface area contributed by atoms with Gasteiger partial charge in [0, 0.05) is 32.1 Å². The maximum Gasteiger partial charge on any atom is 0.306 e. The first-order valence-corrected chi connectivity index (χ1v) is 14.2. The molecule has 210 valence electrons. The fraction of sp³-hybridized carbons (Fsp3) is 0.533. The number of aromatic nitrogens is 3. The highest BCUT2D eigenvalue weighted by Crippen LogP contribution is 2.34. The summed E-state index contributed by atoms with van der Waals surface area (Å²) in [7, 11) is 3.60. The number of amides is 2. The number of rotatable bonds is 10. The third kappa shape index (κ3) is 6.24. The number of ether oxygens (including phenoxy) is 1. The van der Waals surface area contributed by atoms with Gasteiger partial charge in [-0.3, -0.25) is 14.6 Å². The maximum atomic E-state index is 13.6. The lowest BCUT2D eigenvalue weighted by Gasteiger charge is -2.32. The summed E-state index contributed by atoms with van der Waals surface area (Å²) in [4.78, 5) is 41.2. The largest absolute Gasteiger partial charge is 0.493 e. The van der Waals surface area contributed by atoms with Crippen LogP contribution in [0.3, 0.4) is 0 Å². The Morgan fingerprint density at radius 2 is 2.05 bits per heavy atom. The molecule has 0 radical (unpaired) electrons. The van der Waals surface area contributed by atoms with Gasteiger partial charge in [0.05, 0.1) is 25.4 Å². The van der Waals surface area contributed by atoms with E-state index >= 15 is 0 Å². The maximum absolute atomic E-state index is 13.6. The predicted molar refractivity (Wildman–Crippen MR) is 150 cm³/mol. The van der Waals surface area contributed by atoms with Crippen molar-refractivity contribution in [2.45, 2.75) is 51.5 Å². The van der Waals surface area contributed by atoms with Crippen molar-refractivity contribution in [2.75, 3.05) is 26.7 Å². The van der Waals surface area contributed by atoms with Crippen LogP contribution >= 0.6 is 0 Å². The van der Waals surface area contributed by atoms with Gasteiger partial charge in [-0.1, -0.05) is 6.08 Å². The van der Waals surface area contributed by atoms with E-state index in [1.54, 1.807) is 18.1 Å². The minimum absolute atomic E-state index is 0.00419. The van der Waals surface area contributed by atoms with Crippen molar-refractivity contribution in [1.82, 2.24) is 20.2 Å². The van der Waals surface area contributed by atoms with Crippen molar-refractivity contribution in [3.05, 3.63) is 47.6 Å².